The van der Waals surface area contributed by atoms with Crippen LogP contribution in [0, 0.1) is 5.41 Å². The van der Waals surface area contributed by atoms with Crippen LogP contribution in [0.4, 0.5) is 0 Å². The Kier molecular flexibility index (Phi) is 3.89. The van der Waals surface area contributed by atoms with Crippen LogP contribution in [0.15, 0.2) is 59.4 Å². The molecule has 0 unspecified atom stereocenters. The summed E-state index contributed by atoms with van der Waals surface area (Å²) < 4.78 is 1.59. The van der Waals surface area contributed by atoms with E-state index in [-0.39, 0.29) is 11.1 Å². The second-order valence-corrected chi connectivity index (χ2v) is 8.57. The van der Waals surface area contributed by atoms with Crippen LogP contribution in [0.5, 0.6) is 0 Å². The van der Waals surface area contributed by atoms with Crippen molar-refractivity contribution in [2.75, 3.05) is 11.6 Å². The van der Waals surface area contributed by atoms with E-state index in [0.717, 1.165) is 5.56 Å². The molecule has 0 radical (unpaired) electrons. The highest BCUT2D eigenvalue weighted by Crippen LogP contribution is 2.41. The number of aliphatic hydroxyl groups excluding tert-OH is 1. The monoisotopic (exact) mass is 363 g/mol. The Balaban J connectivity index is 1.92. The zero-order chi connectivity index (χ0) is 19.4. The Hall–Kier alpha value is -2.66. The molecule has 1 fully saturated rings. The first-order chi connectivity index (χ1) is 12.7. The van der Waals surface area contributed by atoms with E-state index in [9.17, 15) is 9.90 Å². The average molecular weight is 363 g/mol. The second kappa shape index (κ2) is 5.92. The van der Waals surface area contributed by atoms with Crippen LogP contribution in [-0.4, -0.2) is 21.3 Å². The van der Waals surface area contributed by atoms with Gasteiger partial charge in [0.05, 0.1) is 23.0 Å². The van der Waals surface area contributed by atoms with Crippen molar-refractivity contribution in [3.63, 3.8) is 0 Å². The van der Waals surface area contributed by atoms with Gasteiger partial charge >= 0.3 is 0 Å². The lowest BCUT2D eigenvalue weighted by Gasteiger charge is -2.29. The molecular weight excluding hydrogens is 338 g/mol. The standard InChI is InChI=1S/C22H25N3O2/c1-21(2,3)18(26)19-23-17-13-9-8-12-16(17)20(27)25(19)24-14-22(24,4)15-10-6-5-7-11-15/h5-13,18,26H,14H2,1-4H3/t18-,22-,24?/m1/s1. The van der Waals surface area contributed by atoms with Crippen LogP contribution in [0.25, 0.3) is 10.9 Å². The summed E-state index contributed by atoms with van der Waals surface area (Å²) in [4.78, 5) is 18.0. The van der Waals surface area contributed by atoms with Crippen molar-refractivity contribution in [1.29, 1.82) is 0 Å². The quantitative estimate of drug-likeness (QED) is 0.725. The van der Waals surface area contributed by atoms with Gasteiger partial charge in [0.1, 0.15) is 6.10 Å². The molecule has 2 atom stereocenters. The van der Waals surface area contributed by atoms with Gasteiger partial charge < -0.3 is 5.11 Å². The molecule has 0 aliphatic carbocycles. The predicted octanol–water partition coefficient (Wildman–Crippen LogP) is 3.34. The lowest BCUT2D eigenvalue weighted by molar-refractivity contribution is 0.0510. The summed E-state index contributed by atoms with van der Waals surface area (Å²) in [5.41, 5.74) is 0.879. The van der Waals surface area contributed by atoms with Crippen molar-refractivity contribution in [3.8, 4) is 0 Å². The molecule has 5 heteroatoms. The third-order valence-corrected chi connectivity index (χ3v) is 5.40. The number of benzene rings is 2. The van der Waals surface area contributed by atoms with Gasteiger partial charge in [-0.3, -0.25) is 9.80 Å². The summed E-state index contributed by atoms with van der Waals surface area (Å²) in [5.74, 6) is 0.394. The Bertz CT molecular complexity index is 1050. The van der Waals surface area contributed by atoms with Crippen molar-refractivity contribution >= 4 is 10.9 Å². The lowest BCUT2D eigenvalue weighted by Crippen LogP contribution is -2.38. The molecule has 2 aromatic carbocycles. The zero-order valence-electron chi connectivity index (χ0n) is 16.2. The van der Waals surface area contributed by atoms with Crippen molar-refractivity contribution in [2.45, 2.75) is 39.3 Å². The van der Waals surface area contributed by atoms with E-state index in [1.807, 2.05) is 62.2 Å². The Labute approximate surface area is 158 Å². The molecule has 2 heterocycles. The van der Waals surface area contributed by atoms with Gasteiger partial charge in [0.2, 0.25) is 0 Å². The fourth-order valence-corrected chi connectivity index (χ4v) is 3.52. The fraction of sp³-hybridized carbons (Fsp3) is 0.364. The second-order valence-electron chi connectivity index (χ2n) is 8.57. The molecule has 0 bridgehead atoms. The number of hydrogen-bond acceptors (Lipinski definition) is 4. The van der Waals surface area contributed by atoms with E-state index in [1.165, 1.54) is 0 Å². The van der Waals surface area contributed by atoms with Gasteiger partial charge in [0, 0.05) is 0 Å². The topological polar surface area (TPSA) is 58.1 Å². The fourth-order valence-electron chi connectivity index (χ4n) is 3.52. The van der Waals surface area contributed by atoms with E-state index >= 15 is 0 Å². The first-order valence-electron chi connectivity index (χ1n) is 9.27. The van der Waals surface area contributed by atoms with Crippen molar-refractivity contribution < 1.29 is 5.11 Å². The van der Waals surface area contributed by atoms with Gasteiger partial charge in [-0.25, -0.2) is 9.66 Å². The largest absolute Gasteiger partial charge is 0.385 e. The SMILES string of the molecule is CC(C)(C)[C@H](O)c1nc2ccccc2c(=O)n1N1C[C@]1(C)c1ccccc1. The number of rotatable bonds is 3. The molecule has 1 saturated heterocycles. The average Bonchev–Trinajstić information content (AvgIpc) is 3.33. The van der Waals surface area contributed by atoms with E-state index < -0.39 is 11.5 Å². The molecule has 1 aliphatic rings. The van der Waals surface area contributed by atoms with Gasteiger partial charge in [0.25, 0.3) is 5.56 Å². The summed E-state index contributed by atoms with van der Waals surface area (Å²) in [6.45, 7) is 8.64. The number of aromatic nitrogens is 2. The third kappa shape index (κ3) is 2.82. The van der Waals surface area contributed by atoms with Gasteiger partial charge in [-0.2, -0.15) is 0 Å². The Morgan fingerprint density at radius 1 is 1.07 bits per heavy atom. The molecule has 4 rings (SSSR count). The maximum atomic E-state index is 13.4. The van der Waals surface area contributed by atoms with Crippen LogP contribution in [-0.2, 0) is 5.54 Å². The number of aliphatic hydroxyl groups is 1. The highest BCUT2D eigenvalue weighted by molar-refractivity contribution is 5.77. The van der Waals surface area contributed by atoms with Gasteiger partial charge in [-0.05, 0) is 30.0 Å². The highest BCUT2D eigenvalue weighted by Gasteiger charge is 2.52. The molecule has 0 spiro atoms. The van der Waals surface area contributed by atoms with E-state index in [4.69, 9.17) is 4.98 Å². The minimum atomic E-state index is -0.865. The minimum absolute atomic E-state index is 0.140. The summed E-state index contributed by atoms with van der Waals surface area (Å²) in [7, 11) is 0. The predicted molar refractivity (Wildman–Crippen MR) is 107 cm³/mol. The molecule has 27 heavy (non-hydrogen) atoms. The summed E-state index contributed by atoms with van der Waals surface area (Å²) in [6, 6.07) is 17.4. The first-order valence-corrected chi connectivity index (χ1v) is 9.27. The number of fused-ring (bicyclic) bond motifs is 1. The third-order valence-electron chi connectivity index (χ3n) is 5.40. The van der Waals surface area contributed by atoms with Crippen LogP contribution in [0.2, 0.25) is 0 Å². The molecule has 1 aliphatic heterocycles. The molecular formula is C22H25N3O2. The van der Waals surface area contributed by atoms with Gasteiger partial charge in [-0.1, -0.05) is 63.2 Å². The van der Waals surface area contributed by atoms with Crippen molar-refractivity contribution in [3.05, 3.63) is 76.3 Å². The summed E-state index contributed by atoms with van der Waals surface area (Å²) in [5, 5.41) is 13.5. The highest BCUT2D eigenvalue weighted by atomic mass is 16.3. The van der Waals surface area contributed by atoms with E-state index in [1.54, 1.807) is 10.7 Å². The maximum absolute atomic E-state index is 13.4. The Morgan fingerprint density at radius 3 is 2.37 bits per heavy atom. The Morgan fingerprint density at radius 2 is 1.70 bits per heavy atom. The maximum Gasteiger partial charge on any atom is 0.280 e. The molecule has 0 amide bonds. The zero-order valence-corrected chi connectivity index (χ0v) is 16.2. The smallest absolute Gasteiger partial charge is 0.280 e. The van der Waals surface area contributed by atoms with Crippen molar-refractivity contribution in [1.82, 2.24) is 9.66 Å². The van der Waals surface area contributed by atoms with E-state index in [2.05, 4.69) is 19.1 Å². The molecule has 1 N–H and O–H groups in total. The van der Waals surface area contributed by atoms with Crippen LogP contribution < -0.4 is 10.6 Å². The molecule has 0 saturated carbocycles. The molecule has 5 nitrogen and oxygen atoms in total. The first kappa shape index (κ1) is 17.7. The normalized spacial score (nSPS) is 20.7. The van der Waals surface area contributed by atoms with Gasteiger partial charge in [-0.15, -0.1) is 0 Å². The van der Waals surface area contributed by atoms with Crippen LogP contribution >= 0.6 is 0 Å². The number of hydrogen-bond donors (Lipinski definition) is 1. The number of nitrogens with zero attached hydrogens (tertiary/aromatic N) is 3. The molecule has 1 aromatic heterocycles. The van der Waals surface area contributed by atoms with Crippen LogP contribution in [0.3, 0.4) is 0 Å². The summed E-state index contributed by atoms with van der Waals surface area (Å²) in [6.07, 6.45) is -0.865. The van der Waals surface area contributed by atoms with Crippen molar-refractivity contribution in [2.24, 2.45) is 5.41 Å². The summed E-state index contributed by atoms with van der Waals surface area (Å²) >= 11 is 0. The van der Waals surface area contributed by atoms with E-state index in [0.29, 0.717) is 23.3 Å². The van der Waals surface area contributed by atoms with Crippen LogP contribution in [0.1, 0.15) is 45.2 Å². The molecule has 3 aromatic rings. The minimum Gasteiger partial charge on any atom is -0.385 e. The lowest BCUT2D eigenvalue weighted by atomic mass is 9.88. The van der Waals surface area contributed by atoms with Gasteiger partial charge in [0.15, 0.2) is 5.82 Å². The number of para-hydroxylation sites is 1. The molecule has 140 valence electrons.